The highest BCUT2D eigenvalue weighted by molar-refractivity contribution is 8.25. The first-order chi connectivity index (χ1) is 8.43. The Morgan fingerprint density at radius 2 is 1.41 bits per heavy atom. The van der Waals surface area contributed by atoms with Crippen molar-refractivity contribution in [2.75, 3.05) is 0 Å². The molecule has 0 bridgehead atoms. The second-order valence-electron chi connectivity index (χ2n) is 3.84. The summed E-state index contributed by atoms with van der Waals surface area (Å²) in [5.74, 6) is 0. The minimum atomic E-state index is 0.506. The van der Waals surface area contributed by atoms with Crippen LogP contribution in [0, 0.1) is 0 Å². The summed E-state index contributed by atoms with van der Waals surface area (Å²) in [6.07, 6.45) is 0. The van der Waals surface area contributed by atoms with Crippen molar-refractivity contribution in [2.45, 2.75) is 4.58 Å². The number of benzene rings is 2. The minimum absolute atomic E-state index is 0.506. The molecule has 3 rings (SSSR count). The SMILES string of the molecule is C1=C(c2ccccc2)SC(c2ccccc2)S1. The second-order valence-corrected chi connectivity index (χ2v) is 6.27. The molecule has 0 saturated heterocycles. The van der Waals surface area contributed by atoms with Gasteiger partial charge >= 0.3 is 0 Å². The topological polar surface area (TPSA) is 0 Å². The van der Waals surface area contributed by atoms with E-state index in [0.717, 1.165) is 0 Å². The van der Waals surface area contributed by atoms with Crippen LogP contribution < -0.4 is 0 Å². The van der Waals surface area contributed by atoms with Crippen LogP contribution in [0.2, 0.25) is 0 Å². The molecule has 0 aliphatic carbocycles. The molecule has 0 radical (unpaired) electrons. The van der Waals surface area contributed by atoms with Crippen LogP contribution in [0.25, 0.3) is 4.91 Å². The molecule has 0 N–H and O–H groups in total. The first-order valence-electron chi connectivity index (χ1n) is 5.56. The summed E-state index contributed by atoms with van der Waals surface area (Å²) in [6, 6.07) is 21.3. The molecule has 1 atom stereocenters. The maximum absolute atomic E-state index is 2.28. The highest BCUT2D eigenvalue weighted by Gasteiger charge is 2.20. The van der Waals surface area contributed by atoms with Gasteiger partial charge in [-0.2, -0.15) is 0 Å². The van der Waals surface area contributed by atoms with Crippen LogP contribution in [-0.4, -0.2) is 0 Å². The van der Waals surface area contributed by atoms with Gasteiger partial charge in [-0.05, 0) is 16.5 Å². The van der Waals surface area contributed by atoms with Gasteiger partial charge in [-0.25, -0.2) is 0 Å². The number of hydrogen-bond acceptors (Lipinski definition) is 2. The van der Waals surface area contributed by atoms with E-state index in [1.54, 1.807) is 0 Å². The molecule has 0 spiro atoms. The zero-order chi connectivity index (χ0) is 11.5. The van der Waals surface area contributed by atoms with E-state index < -0.39 is 0 Å². The molecule has 2 aromatic rings. The van der Waals surface area contributed by atoms with Gasteiger partial charge < -0.3 is 0 Å². The van der Waals surface area contributed by atoms with Crippen LogP contribution in [-0.2, 0) is 0 Å². The van der Waals surface area contributed by atoms with E-state index in [0.29, 0.717) is 4.58 Å². The third kappa shape index (κ3) is 2.43. The van der Waals surface area contributed by atoms with Gasteiger partial charge in [-0.15, -0.1) is 23.5 Å². The summed E-state index contributed by atoms with van der Waals surface area (Å²) < 4.78 is 0.506. The highest BCUT2D eigenvalue weighted by atomic mass is 32.2. The van der Waals surface area contributed by atoms with E-state index >= 15 is 0 Å². The molecule has 1 aliphatic rings. The van der Waals surface area contributed by atoms with E-state index in [1.165, 1.54) is 16.0 Å². The molecule has 0 saturated carbocycles. The van der Waals surface area contributed by atoms with Crippen molar-refractivity contribution in [3.63, 3.8) is 0 Å². The smallest absolute Gasteiger partial charge is 0.0840 e. The van der Waals surface area contributed by atoms with Crippen LogP contribution in [0.4, 0.5) is 0 Å². The van der Waals surface area contributed by atoms with E-state index in [1.807, 2.05) is 23.5 Å². The van der Waals surface area contributed by atoms with Crippen molar-refractivity contribution in [3.05, 3.63) is 77.2 Å². The van der Waals surface area contributed by atoms with Gasteiger partial charge in [0.1, 0.15) is 0 Å². The number of thioether (sulfide) groups is 2. The largest absolute Gasteiger partial charge is 0.113 e. The predicted octanol–water partition coefficient (Wildman–Crippen LogP) is 5.16. The lowest BCUT2D eigenvalue weighted by Gasteiger charge is -2.09. The molecule has 0 nitrogen and oxygen atoms in total. The van der Waals surface area contributed by atoms with Gasteiger partial charge in [0.2, 0.25) is 0 Å². The first kappa shape index (κ1) is 11.0. The Bertz CT molecular complexity index is 517. The Hall–Kier alpha value is -1.12. The molecule has 1 unspecified atom stereocenters. The summed E-state index contributed by atoms with van der Waals surface area (Å²) in [5, 5.41) is 2.28. The fraction of sp³-hybridized carbons (Fsp3) is 0.0667. The van der Waals surface area contributed by atoms with Crippen molar-refractivity contribution in [1.82, 2.24) is 0 Å². The van der Waals surface area contributed by atoms with E-state index in [2.05, 4.69) is 66.1 Å². The summed E-state index contributed by atoms with van der Waals surface area (Å²) in [7, 11) is 0. The van der Waals surface area contributed by atoms with Gasteiger partial charge in [0.05, 0.1) is 4.58 Å². The van der Waals surface area contributed by atoms with Crippen molar-refractivity contribution < 1.29 is 0 Å². The summed E-state index contributed by atoms with van der Waals surface area (Å²) >= 11 is 3.84. The maximum atomic E-state index is 2.28. The van der Waals surface area contributed by atoms with Gasteiger partial charge in [-0.3, -0.25) is 0 Å². The monoisotopic (exact) mass is 256 g/mol. The second kappa shape index (κ2) is 5.03. The molecular weight excluding hydrogens is 244 g/mol. The molecule has 2 aromatic carbocycles. The first-order valence-corrected chi connectivity index (χ1v) is 7.38. The van der Waals surface area contributed by atoms with Gasteiger partial charge in [0, 0.05) is 4.91 Å². The molecule has 2 heteroatoms. The molecule has 17 heavy (non-hydrogen) atoms. The van der Waals surface area contributed by atoms with E-state index in [9.17, 15) is 0 Å². The van der Waals surface area contributed by atoms with Crippen molar-refractivity contribution in [3.8, 4) is 0 Å². The van der Waals surface area contributed by atoms with Crippen molar-refractivity contribution in [2.24, 2.45) is 0 Å². The van der Waals surface area contributed by atoms with Gasteiger partial charge in [0.15, 0.2) is 0 Å². The fourth-order valence-corrected chi connectivity index (χ4v) is 4.37. The third-order valence-corrected chi connectivity index (χ3v) is 5.42. The highest BCUT2D eigenvalue weighted by Crippen LogP contribution is 2.54. The number of rotatable bonds is 2. The van der Waals surface area contributed by atoms with E-state index in [4.69, 9.17) is 0 Å². The summed E-state index contributed by atoms with van der Waals surface area (Å²) in [5.41, 5.74) is 2.72. The van der Waals surface area contributed by atoms with Crippen LogP contribution in [0.15, 0.2) is 66.1 Å². The zero-order valence-corrected chi connectivity index (χ0v) is 10.9. The molecule has 0 aromatic heterocycles. The average Bonchev–Trinajstić information content (AvgIpc) is 2.90. The standard InChI is InChI=1S/C15H12S2/c1-3-7-12(8-4-1)14-11-16-15(17-14)13-9-5-2-6-10-13/h1-11,15H. The predicted molar refractivity (Wildman–Crippen MR) is 78.8 cm³/mol. The van der Waals surface area contributed by atoms with Gasteiger partial charge in [0.25, 0.3) is 0 Å². The summed E-state index contributed by atoms with van der Waals surface area (Å²) in [6.45, 7) is 0. The lowest BCUT2D eigenvalue weighted by Crippen LogP contribution is -1.83. The van der Waals surface area contributed by atoms with Crippen molar-refractivity contribution in [1.29, 1.82) is 0 Å². The molecule has 1 aliphatic heterocycles. The van der Waals surface area contributed by atoms with Gasteiger partial charge in [-0.1, -0.05) is 60.7 Å². The lowest BCUT2D eigenvalue weighted by atomic mass is 10.2. The lowest BCUT2D eigenvalue weighted by molar-refractivity contribution is 1.40. The maximum Gasteiger partial charge on any atom is 0.0840 e. The number of hydrogen-bond donors (Lipinski definition) is 0. The summed E-state index contributed by atoms with van der Waals surface area (Å²) in [4.78, 5) is 1.38. The molecule has 84 valence electrons. The molecule has 1 heterocycles. The fourth-order valence-electron chi connectivity index (χ4n) is 1.79. The van der Waals surface area contributed by atoms with Crippen LogP contribution >= 0.6 is 23.5 Å². The molecule has 0 amide bonds. The Balaban J connectivity index is 1.78. The Labute approximate surface area is 110 Å². The Morgan fingerprint density at radius 1 is 0.765 bits per heavy atom. The van der Waals surface area contributed by atoms with Crippen LogP contribution in [0.5, 0.6) is 0 Å². The molecule has 0 fully saturated rings. The van der Waals surface area contributed by atoms with Crippen molar-refractivity contribution >= 4 is 28.4 Å². The van der Waals surface area contributed by atoms with Crippen LogP contribution in [0.3, 0.4) is 0 Å². The Morgan fingerprint density at radius 3 is 2.12 bits per heavy atom. The minimum Gasteiger partial charge on any atom is -0.113 e. The molecular formula is C15H12S2. The third-order valence-electron chi connectivity index (χ3n) is 2.66. The van der Waals surface area contributed by atoms with E-state index in [-0.39, 0.29) is 0 Å². The Kier molecular flexibility index (Phi) is 3.25. The normalized spacial score (nSPS) is 19.1. The average molecular weight is 256 g/mol. The van der Waals surface area contributed by atoms with Crippen LogP contribution in [0.1, 0.15) is 15.7 Å². The quantitative estimate of drug-likeness (QED) is 0.727. The zero-order valence-electron chi connectivity index (χ0n) is 9.24.